The fourth-order valence-electron chi connectivity index (χ4n) is 1.68. The first-order valence-electron chi connectivity index (χ1n) is 4.53. The van der Waals surface area contributed by atoms with Crippen molar-refractivity contribution in [3.05, 3.63) is 48.8 Å². The molecule has 3 rings (SSSR count). The summed E-state index contributed by atoms with van der Waals surface area (Å²) in [6, 6.07) is 12.1. The fourth-order valence-corrected chi connectivity index (χ4v) is 1.68. The first-order valence-corrected chi connectivity index (χ1v) is 4.53. The summed E-state index contributed by atoms with van der Waals surface area (Å²) in [5.41, 5.74) is 1.95. The molecule has 0 aliphatic heterocycles. The number of nitrogens with zero attached hydrogens (tertiary/aromatic N) is 2. The zero-order valence-corrected chi connectivity index (χ0v) is 9.49. The van der Waals surface area contributed by atoms with Crippen LogP contribution in [0.25, 0.3) is 21.8 Å². The average molecular weight is 283 g/mol. The van der Waals surface area contributed by atoms with E-state index in [1.165, 1.54) is 0 Å². The monoisotopic (exact) mass is 283 g/mol. The molecule has 2 aromatic heterocycles. The van der Waals surface area contributed by atoms with Crippen molar-refractivity contribution >= 4 is 21.8 Å². The SMILES string of the molecule is [Rh].c1cnc2c(c1)ccc1cccnc12. The molecule has 0 bridgehead atoms. The van der Waals surface area contributed by atoms with E-state index in [0.29, 0.717) is 0 Å². The van der Waals surface area contributed by atoms with E-state index in [4.69, 9.17) is 0 Å². The average Bonchev–Trinajstić information content (AvgIpc) is 2.29. The van der Waals surface area contributed by atoms with E-state index in [0.717, 1.165) is 21.8 Å². The van der Waals surface area contributed by atoms with Crippen molar-refractivity contribution in [3.63, 3.8) is 0 Å². The van der Waals surface area contributed by atoms with Crippen LogP contribution in [0.5, 0.6) is 0 Å². The number of hydrogen-bond donors (Lipinski definition) is 0. The normalized spacial score (nSPS) is 10.1. The minimum absolute atomic E-state index is 0. The smallest absolute Gasteiger partial charge is 0.0964 e. The number of benzene rings is 1. The van der Waals surface area contributed by atoms with Gasteiger partial charge in [0.2, 0.25) is 0 Å². The molecule has 0 spiro atoms. The summed E-state index contributed by atoms with van der Waals surface area (Å²) in [6.45, 7) is 0. The first-order chi connectivity index (χ1) is 6.95. The maximum atomic E-state index is 4.35. The van der Waals surface area contributed by atoms with Gasteiger partial charge in [0.15, 0.2) is 0 Å². The van der Waals surface area contributed by atoms with Crippen LogP contribution in [0.4, 0.5) is 0 Å². The second kappa shape index (κ2) is 4.03. The van der Waals surface area contributed by atoms with Crippen LogP contribution in [-0.4, -0.2) is 9.97 Å². The number of fused-ring (bicyclic) bond motifs is 3. The third-order valence-electron chi connectivity index (χ3n) is 2.34. The predicted octanol–water partition coefficient (Wildman–Crippen LogP) is 2.78. The van der Waals surface area contributed by atoms with Gasteiger partial charge in [-0.15, -0.1) is 0 Å². The van der Waals surface area contributed by atoms with E-state index in [1.807, 2.05) is 12.1 Å². The summed E-state index contributed by atoms with van der Waals surface area (Å²) < 4.78 is 0. The number of aromatic nitrogens is 2. The van der Waals surface area contributed by atoms with Crippen LogP contribution in [0.2, 0.25) is 0 Å². The first kappa shape index (κ1) is 10.2. The van der Waals surface area contributed by atoms with E-state index in [1.54, 1.807) is 12.4 Å². The second-order valence-electron chi connectivity index (χ2n) is 3.22. The number of rotatable bonds is 0. The molecule has 3 heteroatoms. The van der Waals surface area contributed by atoms with Gasteiger partial charge in [-0.25, -0.2) is 0 Å². The number of hydrogen-bond acceptors (Lipinski definition) is 2. The summed E-state index contributed by atoms with van der Waals surface area (Å²) in [7, 11) is 0. The molecule has 0 amide bonds. The molecular weight excluding hydrogens is 275 g/mol. The maximum Gasteiger partial charge on any atom is 0.0964 e. The molecule has 0 aliphatic carbocycles. The Morgan fingerprint density at radius 1 is 0.667 bits per heavy atom. The Morgan fingerprint density at radius 2 is 1.13 bits per heavy atom. The Kier molecular flexibility index (Phi) is 2.74. The molecule has 0 atom stereocenters. The van der Waals surface area contributed by atoms with Gasteiger partial charge in [0.1, 0.15) is 0 Å². The molecule has 0 fully saturated rings. The molecule has 0 saturated heterocycles. The molecule has 0 aliphatic rings. The largest absolute Gasteiger partial charge is 0.254 e. The molecule has 3 aromatic rings. The van der Waals surface area contributed by atoms with E-state index in [9.17, 15) is 0 Å². The van der Waals surface area contributed by atoms with E-state index in [-0.39, 0.29) is 19.5 Å². The molecule has 0 saturated carbocycles. The molecule has 0 N–H and O–H groups in total. The van der Waals surface area contributed by atoms with Crippen LogP contribution < -0.4 is 0 Å². The van der Waals surface area contributed by atoms with Gasteiger partial charge in [0.05, 0.1) is 11.0 Å². The Balaban J connectivity index is 0.000000853. The Labute approximate surface area is 100 Å². The van der Waals surface area contributed by atoms with Gasteiger partial charge in [-0.05, 0) is 12.1 Å². The van der Waals surface area contributed by atoms with Gasteiger partial charge >= 0.3 is 0 Å². The molecule has 75 valence electrons. The molecule has 15 heavy (non-hydrogen) atoms. The Bertz CT molecular complexity index is 553. The molecular formula is C12H8N2Rh. The molecule has 1 radical (unpaired) electrons. The van der Waals surface area contributed by atoms with Crippen LogP contribution in [0.3, 0.4) is 0 Å². The van der Waals surface area contributed by atoms with Gasteiger partial charge in [0.25, 0.3) is 0 Å². The summed E-state index contributed by atoms with van der Waals surface area (Å²) >= 11 is 0. The molecule has 2 heterocycles. The minimum Gasteiger partial charge on any atom is -0.254 e. The Hall–Kier alpha value is -1.34. The molecule has 2 nitrogen and oxygen atoms in total. The van der Waals surface area contributed by atoms with Crippen LogP contribution >= 0.6 is 0 Å². The van der Waals surface area contributed by atoms with Crippen LogP contribution in [0, 0.1) is 0 Å². The van der Waals surface area contributed by atoms with Gasteiger partial charge in [-0.1, -0.05) is 24.3 Å². The zero-order valence-electron chi connectivity index (χ0n) is 7.85. The Morgan fingerprint density at radius 3 is 1.60 bits per heavy atom. The van der Waals surface area contributed by atoms with Crippen molar-refractivity contribution in [2.75, 3.05) is 0 Å². The standard InChI is InChI=1S/C12H8N2.Rh/c1-3-9-5-6-10-4-2-8-14-12(10)11(9)13-7-1;/h1-8H;. The van der Waals surface area contributed by atoms with Gasteiger partial charge in [-0.2, -0.15) is 0 Å². The van der Waals surface area contributed by atoms with Gasteiger partial charge in [-0.3, -0.25) is 9.97 Å². The van der Waals surface area contributed by atoms with Crippen molar-refractivity contribution in [2.45, 2.75) is 0 Å². The van der Waals surface area contributed by atoms with Crippen molar-refractivity contribution < 1.29 is 19.5 Å². The number of pyridine rings is 2. The van der Waals surface area contributed by atoms with Crippen LogP contribution in [-0.2, 0) is 19.5 Å². The maximum absolute atomic E-state index is 4.35. The zero-order chi connectivity index (χ0) is 9.38. The quantitative estimate of drug-likeness (QED) is 0.468. The van der Waals surface area contributed by atoms with Crippen molar-refractivity contribution in [1.29, 1.82) is 0 Å². The van der Waals surface area contributed by atoms with E-state index in [2.05, 4.69) is 34.2 Å². The van der Waals surface area contributed by atoms with Crippen molar-refractivity contribution in [1.82, 2.24) is 9.97 Å². The minimum atomic E-state index is 0. The van der Waals surface area contributed by atoms with E-state index < -0.39 is 0 Å². The van der Waals surface area contributed by atoms with E-state index >= 15 is 0 Å². The third-order valence-corrected chi connectivity index (χ3v) is 2.34. The predicted molar refractivity (Wildman–Crippen MR) is 57.0 cm³/mol. The fraction of sp³-hybridized carbons (Fsp3) is 0. The molecule has 1 aromatic carbocycles. The summed E-state index contributed by atoms with van der Waals surface area (Å²) in [5.74, 6) is 0. The van der Waals surface area contributed by atoms with Gasteiger partial charge < -0.3 is 0 Å². The summed E-state index contributed by atoms with van der Waals surface area (Å²) in [5, 5.41) is 2.28. The molecule has 0 unspecified atom stereocenters. The van der Waals surface area contributed by atoms with Crippen LogP contribution in [0.1, 0.15) is 0 Å². The second-order valence-corrected chi connectivity index (χ2v) is 3.22. The van der Waals surface area contributed by atoms with Crippen molar-refractivity contribution in [3.8, 4) is 0 Å². The third kappa shape index (κ3) is 1.64. The topological polar surface area (TPSA) is 25.8 Å². The van der Waals surface area contributed by atoms with Gasteiger partial charge in [0, 0.05) is 42.6 Å². The summed E-state index contributed by atoms with van der Waals surface area (Å²) in [6.07, 6.45) is 3.60. The van der Waals surface area contributed by atoms with Crippen LogP contribution in [0.15, 0.2) is 48.8 Å². The van der Waals surface area contributed by atoms with Crippen molar-refractivity contribution in [2.24, 2.45) is 0 Å². The summed E-state index contributed by atoms with van der Waals surface area (Å²) in [4.78, 5) is 8.69.